The fourth-order valence-electron chi connectivity index (χ4n) is 1.73. The molecule has 2 amide bonds. The maximum absolute atomic E-state index is 12.7. The van der Waals surface area contributed by atoms with Crippen LogP contribution in [0.1, 0.15) is 11.1 Å². The topological polar surface area (TPSA) is 58.2 Å². The van der Waals surface area contributed by atoms with Gasteiger partial charge in [-0.1, -0.05) is 6.07 Å². The van der Waals surface area contributed by atoms with E-state index in [2.05, 4.69) is 10.6 Å². The third kappa shape index (κ3) is 3.89. The first-order chi connectivity index (χ1) is 9.95. The summed E-state index contributed by atoms with van der Waals surface area (Å²) in [5, 5.41) is 4.91. The van der Waals surface area contributed by atoms with Gasteiger partial charge in [0.2, 0.25) is 0 Å². The average molecular weight is 286 g/mol. The lowest BCUT2D eigenvalue weighted by Gasteiger charge is -2.08. The molecule has 0 bridgehead atoms. The van der Waals surface area contributed by atoms with E-state index < -0.39 is 17.6 Å². The minimum atomic E-state index is -0.806. The quantitative estimate of drug-likeness (QED) is 0.834. The number of amides is 2. The molecule has 0 heterocycles. The Morgan fingerprint density at radius 2 is 1.33 bits per heavy atom. The molecule has 2 aromatic carbocycles. The third-order valence-corrected chi connectivity index (χ3v) is 3.07. The highest BCUT2D eigenvalue weighted by atomic mass is 19.1. The lowest BCUT2D eigenvalue weighted by molar-refractivity contribution is -0.132. The fraction of sp³-hybridized carbons (Fsp3) is 0.125. The van der Waals surface area contributed by atoms with Crippen LogP contribution in [0, 0.1) is 19.7 Å². The number of nitrogens with one attached hydrogen (secondary N) is 2. The number of benzene rings is 2. The van der Waals surface area contributed by atoms with Gasteiger partial charge in [0.1, 0.15) is 5.82 Å². The van der Waals surface area contributed by atoms with Gasteiger partial charge in [-0.3, -0.25) is 9.59 Å². The number of rotatable bonds is 2. The number of halogens is 1. The van der Waals surface area contributed by atoms with Gasteiger partial charge in [0.25, 0.3) is 0 Å². The Balaban J connectivity index is 2.00. The minimum Gasteiger partial charge on any atom is -0.318 e. The molecule has 0 aliphatic carbocycles. The Labute approximate surface area is 122 Å². The van der Waals surface area contributed by atoms with Crippen LogP contribution in [0.15, 0.2) is 42.5 Å². The van der Waals surface area contributed by atoms with Gasteiger partial charge in [0.15, 0.2) is 0 Å². The maximum Gasteiger partial charge on any atom is 0.314 e. The zero-order valence-electron chi connectivity index (χ0n) is 11.7. The predicted molar refractivity (Wildman–Crippen MR) is 79.6 cm³/mol. The van der Waals surface area contributed by atoms with Crippen LogP contribution in [0.3, 0.4) is 0 Å². The molecule has 2 aromatic rings. The van der Waals surface area contributed by atoms with Crippen molar-refractivity contribution in [2.45, 2.75) is 13.8 Å². The van der Waals surface area contributed by atoms with E-state index in [0.717, 1.165) is 11.1 Å². The van der Waals surface area contributed by atoms with Crippen LogP contribution in [0.2, 0.25) is 0 Å². The number of aryl methyl sites for hydroxylation is 2. The van der Waals surface area contributed by atoms with Gasteiger partial charge >= 0.3 is 11.8 Å². The summed E-state index contributed by atoms with van der Waals surface area (Å²) in [6, 6.07) is 10.6. The maximum atomic E-state index is 12.7. The normalized spacial score (nSPS) is 10.0. The second-order valence-electron chi connectivity index (χ2n) is 4.71. The summed E-state index contributed by atoms with van der Waals surface area (Å²) in [6.07, 6.45) is 0. The summed E-state index contributed by atoms with van der Waals surface area (Å²) in [4.78, 5) is 23.5. The third-order valence-electron chi connectivity index (χ3n) is 3.07. The molecule has 4 nitrogen and oxygen atoms in total. The van der Waals surface area contributed by atoms with Gasteiger partial charge in [0.05, 0.1) is 0 Å². The predicted octanol–water partition coefficient (Wildman–Crippen LogP) is 3.02. The van der Waals surface area contributed by atoms with E-state index in [4.69, 9.17) is 0 Å². The summed E-state index contributed by atoms with van der Waals surface area (Å²) < 4.78 is 12.7. The Bertz CT molecular complexity index is 681. The molecule has 0 fully saturated rings. The number of anilines is 2. The van der Waals surface area contributed by atoms with E-state index in [9.17, 15) is 14.0 Å². The highest BCUT2D eigenvalue weighted by Gasteiger charge is 2.14. The van der Waals surface area contributed by atoms with Crippen LogP contribution >= 0.6 is 0 Å². The molecule has 0 radical (unpaired) electrons. The van der Waals surface area contributed by atoms with Crippen LogP contribution in [-0.4, -0.2) is 11.8 Å². The monoisotopic (exact) mass is 286 g/mol. The van der Waals surface area contributed by atoms with Gasteiger partial charge in [-0.15, -0.1) is 0 Å². The molecular formula is C16H15FN2O2. The molecular weight excluding hydrogens is 271 g/mol. The molecule has 0 atom stereocenters. The highest BCUT2D eigenvalue weighted by molar-refractivity contribution is 6.43. The molecule has 108 valence electrons. The largest absolute Gasteiger partial charge is 0.318 e. The molecule has 0 aromatic heterocycles. The summed E-state index contributed by atoms with van der Waals surface area (Å²) in [6.45, 7) is 3.88. The number of carbonyl (C=O) groups is 2. The number of carbonyl (C=O) groups excluding carboxylic acids is 2. The van der Waals surface area contributed by atoms with E-state index in [1.165, 1.54) is 24.3 Å². The first-order valence-electron chi connectivity index (χ1n) is 6.41. The molecule has 0 saturated heterocycles. The molecule has 0 unspecified atom stereocenters. The van der Waals surface area contributed by atoms with Crippen molar-refractivity contribution in [1.29, 1.82) is 0 Å². The van der Waals surface area contributed by atoms with Crippen molar-refractivity contribution < 1.29 is 14.0 Å². The summed E-state index contributed by atoms with van der Waals surface area (Å²) >= 11 is 0. The zero-order valence-corrected chi connectivity index (χ0v) is 11.7. The number of hydrogen-bond donors (Lipinski definition) is 2. The molecule has 2 N–H and O–H groups in total. The Kier molecular flexibility index (Phi) is 4.33. The van der Waals surface area contributed by atoms with Gasteiger partial charge < -0.3 is 10.6 Å². The summed E-state index contributed by atoms with van der Waals surface area (Å²) in [7, 11) is 0. The molecule has 21 heavy (non-hydrogen) atoms. The van der Waals surface area contributed by atoms with Crippen molar-refractivity contribution in [1.82, 2.24) is 0 Å². The molecule has 0 saturated carbocycles. The van der Waals surface area contributed by atoms with Crippen molar-refractivity contribution in [2.75, 3.05) is 10.6 Å². The summed E-state index contributed by atoms with van der Waals surface area (Å²) in [5.41, 5.74) is 3.03. The van der Waals surface area contributed by atoms with E-state index in [0.29, 0.717) is 11.4 Å². The van der Waals surface area contributed by atoms with Gasteiger partial charge in [-0.25, -0.2) is 4.39 Å². The van der Waals surface area contributed by atoms with Crippen LogP contribution in [0.25, 0.3) is 0 Å². The van der Waals surface area contributed by atoms with E-state index in [-0.39, 0.29) is 0 Å². The van der Waals surface area contributed by atoms with E-state index >= 15 is 0 Å². The van der Waals surface area contributed by atoms with Crippen molar-refractivity contribution in [3.8, 4) is 0 Å². The summed E-state index contributed by atoms with van der Waals surface area (Å²) in [5.74, 6) is -1.99. The van der Waals surface area contributed by atoms with Gasteiger partial charge in [-0.2, -0.15) is 0 Å². The van der Waals surface area contributed by atoms with Gasteiger partial charge in [-0.05, 0) is 61.4 Å². The molecule has 0 aliphatic heterocycles. The molecule has 2 rings (SSSR count). The van der Waals surface area contributed by atoms with Crippen molar-refractivity contribution >= 4 is 23.2 Å². The minimum absolute atomic E-state index is 0.358. The first kappa shape index (κ1) is 14.7. The SMILES string of the molecule is Cc1ccc(NC(=O)C(=O)Nc2ccc(F)cc2)cc1C. The zero-order chi connectivity index (χ0) is 15.4. The fourth-order valence-corrected chi connectivity index (χ4v) is 1.73. The first-order valence-corrected chi connectivity index (χ1v) is 6.41. The van der Waals surface area contributed by atoms with Gasteiger partial charge in [0, 0.05) is 11.4 Å². The van der Waals surface area contributed by atoms with Crippen LogP contribution < -0.4 is 10.6 Å². The Hall–Kier alpha value is -2.69. The van der Waals surface area contributed by atoms with Crippen LogP contribution in [0.5, 0.6) is 0 Å². The molecule has 5 heteroatoms. The van der Waals surface area contributed by atoms with E-state index in [1.807, 2.05) is 19.9 Å². The van der Waals surface area contributed by atoms with E-state index in [1.54, 1.807) is 12.1 Å². The highest BCUT2D eigenvalue weighted by Crippen LogP contribution is 2.14. The molecule has 0 aliphatic rings. The Morgan fingerprint density at radius 1 is 0.810 bits per heavy atom. The second-order valence-corrected chi connectivity index (χ2v) is 4.71. The average Bonchev–Trinajstić information content (AvgIpc) is 2.45. The van der Waals surface area contributed by atoms with Crippen molar-refractivity contribution in [3.63, 3.8) is 0 Å². The standard InChI is InChI=1S/C16H15FN2O2/c1-10-3-6-14(9-11(10)2)19-16(21)15(20)18-13-7-4-12(17)5-8-13/h3-9H,1-2H3,(H,18,20)(H,19,21). The lowest BCUT2D eigenvalue weighted by atomic mass is 10.1. The lowest BCUT2D eigenvalue weighted by Crippen LogP contribution is -2.29. The number of hydrogen-bond acceptors (Lipinski definition) is 2. The van der Waals surface area contributed by atoms with Crippen LogP contribution in [-0.2, 0) is 9.59 Å². The van der Waals surface area contributed by atoms with Crippen molar-refractivity contribution in [3.05, 3.63) is 59.4 Å². The smallest absolute Gasteiger partial charge is 0.314 e. The molecule has 0 spiro atoms. The van der Waals surface area contributed by atoms with Crippen LogP contribution in [0.4, 0.5) is 15.8 Å². The second kappa shape index (κ2) is 6.17. The Morgan fingerprint density at radius 3 is 1.90 bits per heavy atom. The van der Waals surface area contributed by atoms with Crippen molar-refractivity contribution in [2.24, 2.45) is 0 Å².